The second-order valence-corrected chi connectivity index (χ2v) is 19.4. The van der Waals surface area contributed by atoms with E-state index in [0.717, 1.165) is 0 Å². The summed E-state index contributed by atoms with van der Waals surface area (Å²) in [6.07, 6.45) is 0.242. The van der Waals surface area contributed by atoms with Crippen LogP contribution in [0.4, 0.5) is 0 Å². The van der Waals surface area contributed by atoms with Crippen LogP contribution in [0.3, 0.4) is 0 Å². The van der Waals surface area contributed by atoms with Gasteiger partial charge in [-0.3, -0.25) is 4.79 Å². The molecule has 8 nitrogen and oxygen atoms in total. The maximum absolute atomic E-state index is 11.9. The Morgan fingerprint density at radius 2 is 1.56 bits per heavy atom. The summed E-state index contributed by atoms with van der Waals surface area (Å²) in [4.78, 5) is 13.5. The van der Waals surface area contributed by atoms with Gasteiger partial charge in [-0.2, -0.15) is 0 Å². The van der Waals surface area contributed by atoms with E-state index in [1.54, 1.807) is 18.0 Å². The van der Waals surface area contributed by atoms with Crippen LogP contribution in [0.5, 0.6) is 0 Å². The molecular formula is C22H42N2O6Si2. The lowest BCUT2D eigenvalue weighted by atomic mass is 10.2. The average molecular weight is 487 g/mol. The highest BCUT2D eigenvalue weighted by atomic mass is 28.5. The van der Waals surface area contributed by atoms with Crippen LogP contribution in [0.25, 0.3) is 0 Å². The van der Waals surface area contributed by atoms with Crippen molar-refractivity contribution in [3.05, 3.63) is 11.8 Å². The van der Waals surface area contributed by atoms with E-state index in [1.165, 1.54) is 0 Å². The van der Waals surface area contributed by atoms with E-state index in [2.05, 4.69) is 60.7 Å². The molecular weight excluding hydrogens is 444 g/mol. The van der Waals surface area contributed by atoms with Crippen molar-refractivity contribution in [3.8, 4) is 0 Å². The standard InChI is InChI=1S/C22H42N2O6Si2/c1-13(2)31(14(3)4)27-12-19-18(29-32(30-31,15(5)6)16(7)8)10-20(28-19)24-11-17(9)21(25)23-22(24)26/h11,13-16,18-20,22,26H,10,12H2,1-9H3,(H,23,25)/t18-,19-,20-,22?/m1/s1. The summed E-state index contributed by atoms with van der Waals surface area (Å²) in [6, 6.07) is 0. The van der Waals surface area contributed by atoms with E-state index in [1.807, 2.05) is 0 Å². The quantitative estimate of drug-likeness (QED) is 0.573. The van der Waals surface area contributed by atoms with Gasteiger partial charge < -0.3 is 33.0 Å². The summed E-state index contributed by atoms with van der Waals surface area (Å²) < 4.78 is 27.4. The highest BCUT2D eigenvalue weighted by Crippen LogP contribution is 2.47. The lowest BCUT2D eigenvalue weighted by Gasteiger charge is -2.51. The third-order valence-electron chi connectivity index (χ3n) is 7.10. The third kappa shape index (κ3) is 4.47. The summed E-state index contributed by atoms with van der Waals surface area (Å²) in [5.41, 5.74) is 1.57. The number of nitrogens with zero attached hydrogens (tertiary/aromatic N) is 1. The Bertz CT molecular complexity index is 713. The van der Waals surface area contributed by atoms with Crippen molar-refractivity contribution < 1.29 is 27.6 Å². The fraction of sp³-hybridized carbons (Fsp3) is 0.864. The van der Waals surface area contributed by atoms with Crippen molar-refractivity contribution in [3.63, 3.8) is 0 Å². The van der Waals surface area contributed by atoms with Gasteiger partial charge in [0.1, 0.15) is 12.3 Å². The number of ether oxygens (including phenoxy) is 1. The van der Waals surface area contributed by atoms with Crippen LogP contribution in [0.2, 0.25) is 22.2 Å². The Balaban J connectivity index is 1.97. The number of nitrogens with one attached hydrogen (secondary N) is 1. The Hall–Kier alpha value is -0.756. The number of rotatable bonds is 5. The lowest BCUT2D eigenvalue weighted by molar-refractivity contribution is -0.143. The van der Waals surface area contributed by atoms with E-state index in [0.29, 0.717) is 18.6 Å². The predicted octanol–water partition coefficient (Wildman–Crippen LogP) is 3.67. The van der Waals surface area contributed by atoms with Crippen molar-refractivity contribution in [2.24, 2.45) is 0 Å². The molecule has 0 spiro atoms. The van der Waals surface area contributed by atoms with E-state index in [4.69, 9.17) is 17.7 Å². The smallest absolute Gasteiger partial charge is 0.335 e. The zero-order valence-corrected chi connectivity index (χ0v) is 23.0. The van der Waals surface area contributed by atoms with Gasteiger partial charge in [0.2, 0.25) is 6.35 Å². The van der Waals surface area contributed by atoms with Crippen molar-refractivity contribution >= 4 is 23.0 Å². The van der Waals surface area contributed by atoms with Crippen LogP contribution in [0.1, 0.15) is 68.7 Å². The molecule has 3 heterocycles. The number of aliphatic hydroxyl groups is 1. The molecule has 10 heteroatoms. The monoisotopic (exact) mass is 486 g/mol. The molecule has 0 radical (unpaired) electrons. The second kappa shape index (κ2) is 9.48. The van der Waals surface area contributed by atoms with E-state index in [9.17, 15) is 9.90 Å². The highest BCUT2D eigenvalue weighted by Gasteiger charge is 2.60. The van der Waals surface area contributed by atoms with Gasteiger partial charge >= 0.3 is 17.1 Å². The second-order valence-electron chi connectivity index (χ2n) is 10.6. The molecule has 0 aromatic carbocycles. The number of aliphatic hydroxyl groups excluding tert-OH is 1. The van der Waals surface area contributed by atoms with Gasteiger partial charge in [0.15, 0.2) is 0 Å². The summed E-state index contributed by atoms with van der Waals surface area (Å²) in [5.74, 6) is -0.276. The molecule has 2 saturated heterocycles. The number of carbonyl (C=O) groups is 1. The molecule has 32 heavy (non-hydrogen) atoms. The Morgan fingerprint density at radius 1 is 1.00 bits per heavy atom. The summed E-state index contributed by atoms with van der Waals surface area (Å²) >= 11 is 0. The fourth-order valence-electron chi connectivity index (χ4n) is 5.22. The topological polar surface area (TPSA) is 89.5 Å². The molecule has 0 aliphatic carbocycles. The van der Waals surface area contributed by atoms with Crippen LogP contribution in [0, 0.1) is 0 Å². The zero-order chi connectivity index (χ0) is 24.0. The van der Waals surface area contributed by atoms with Gasteiger partial charge in [-0.15, -0.1) is 0 Å². The molecule has 0 bridgehead atoms. The number of carbonyl (C=O) groups excluding carboxylic acids is 1. The van der Waals surface area contributed by atoms with Crippen LogP contribution < -0.4 is 5.32 Å². The molecule has 3 aliphatic heterocycles. The molecule has 4 atom stereocenters. The predicted molar refractivity (Wildman–Crippen MR) is 127 cm³/mol. The number of hydrogen-bond acceptors (Lipinski definition) is 7. The van der Waals surface area contributed by atoms with E-state index < -0.39 is 29.7 Å². The van der Waals surface area contributed by atoms with Gasteiger partial charge in [0, 0.05) is 18.2 Å². The lowest BCUT2D eigenvalue weighted by Crippen LogP contribution is -2.65. The zero-order valence-electron chi connectivity index (χ0n) is 21.0. The van der Waals surface area contributed by atoms with Crippen molar-refractivity contribution in [1.29, 1.82) is 0 Å². The average Bonchev–Trinajstić information content (AvgIpc) is 3.05. The molecule has 3 aliphatic rings. The molecule has 1 amide bonds. The number of hydrogen-bond donors (Lipinski definition) is 2. The Kier molecular flexibility index (Phi) is 7.66. The first-order chi connectivity index (χ1) is 14.8. The first kappa shape index (κ1) is 25.9. The van der Waals surface area contributed by atoms with Gasteiger partial charge in [-0.05, 0) is 29.1 Å². The summed E-state index contributed by atoms with van der Waals surface area (Å²) in [5, 5.41) is 13.0. The van der Waals surface area contributed by atoms with Crippen molar-refractivity contribution in [2.75, 3.05) is 6.61 Å². The SMILES string of the molecule is CC1=CN([C@H]2C[C@H]3O[Si](C(C)C)(C(C)C)O[Si](C(C)C)(C(C)C)OC[C@H]3O2)C(O)NC1=O. The minimum Gasteiger partial charge on any atom is -0.414 e. The maximum Gasteiger partial charge on any atom is 0.335 e. The largest absolute Gasteiger partial charge is 0.414 e. The molecule has 0 aromatic rings. The van der Waals surface area contributed by atoms with Crippen LogP contribution >= 0.6 is 0 Å². The van der Waals surface area contributed by atoms with Crippen LogP contribution in [0.15, 0.2) is 11.8 Å². The van der Waals surface area contributed by atoms with Gasteiger partial charge in [-0.1, -0.05) is 55.4 Å². The minimum atomic E-state index is -2.70. The van der Waals surface area contributed by atoms with Gasteiger partial charge in [0.05, 0.1) is 12.7 Å². The number of fused-ring (bicyclic) bond motifs is 1. The Morgan fingerprint density at radius 3 is 2.09 bits per heavy atom. The summed E-state index contributed by atoms with van der Waals surface area (Å²) in [7, 11) is -5.31. The van der Waals surface area contributed by atoms with Crippen LogP contribution in [-0.2, 0) is 22.5 Å². The molecule has 184 valence electrons. The minimum absolute atomic E-state index is 0.193. The molecule has 0 aromatic heterocycles. The molecule has 3 rings (SSSR count). The van der Waals surface area contributed by atoms with Crippen LogP contribution in [-0.4, -0.2) is 64.4 Å². The van der Waals surface area contributed by atoms with Crippen molar-refractivity contribution in [2.45, 2.75) is 116 Å². The third-order valence-corrected chi connectivity index (χ3v) is 17.4. The molecule has 1 unspecified atom stereocenters. The first-order valence-electron chi connectivity index (χ1n) is 12.0. The van der Waals surface area contributed by atoms with Gasteiger partial charge in [-0.25, -0.2) is 0 Å². The fourth-order valence-corrected chi connectivity index (χ4v) is 16.4. The normalized spacial score (nSPS) is 32.8. The maximum atomic E-state index is 11.9. The van der Waals surface area contributed by atoms with E-state index in [-0.39, 0.29) is 40.3 Å². The first-order valence-corrected chi connectivity index (χ1v) is 15.9. The highest BCUT2D eigenvalue weighted by molar-refractivity contribution is 6.83. The summed E-state index contributed by atoms with van der Waals surface area (Å²) in [6.45, 7) is 19.7. The van der Waals surface area contributed by atoms with Gasteiger partial charge in [0.25, 0.3) is 5.91 Å². The molecule has 0 saturated carbocycles. The number of amides is 1. The Labute approximate surface area is 195 Å². The molecule has 2 N–H and O–H groups in total. The van der Waals surface area contributed by atoms with E-state index >= 15 is 0 Å². The van der Waals surface area contributed by atoms with Crippen molar-refractivity contribution in [1.82, 2.24) is 10.2 Å². The molecule has 2 fully saturated rings.